The summed E-state index contributed by atoms with van der Waals surface area (Å²) in [4.78, 5) is 37.0. The molecule has 2 aromatic heterocycles. The molecule has 0 spiro atoms. The van der Waals surface area contributed by atoms with Gasteiger partial charge in [-0.2, -0.15) is 0 Å². The van der Waals surface area contributed by atoms with E-state index in [4.69, 9.17) is 10.7 Å². The van der Waals surface area contributed by atoms with Crippen molar-refractivity contribution in [1.29, 1.82) is 0 Å². The third-order valence-corrected chi connectivity index (χ3v) is 6.04. The van der Waals surface area contributed by atoms with Crippen LogP contribution >= 0.6 is 0 Å². The molecule has 2 N–H and O–H groups in total. The Kier molecular flexibility index (Phi) is 4.90. The predicted octanol–water partition coefficient (Wildman–Crippen LogP) is 3.66. The maximum absolute atomic E-state index is 13.9. The summed E-state index contributed by atoms with van der Waals surface area (Å²) in [6, 6.07) is 20.3. The lowest BCUT2D eigenvalue weighted by Crippen LogP contribution is -2.51. The van der Waals surface area contributed by atoms with Gasteiger partial charge in [0.25, 0.3) is 5.91 Å². The monoisotopic (exact) mass is 422 g/mol. The number of pyridine rings is 2. The number of hydrogen-bond acceptors (Lipinski definition) is 4. The number of hydrogen-bond donors (Lipinski definition) is 1. The highest BCUT2D eigenvalue weighted by atomic mass is 16.2. The number of rotatable bonds is 3. The van der Waals surface area contributed by atoms with Gasteiger partial charge in [0.05, 0.1) is 22.5 Å². The van der Waals surface area contributed by atoms with E-state index >= 15 is 0 Å². The normalized spacial score (nSPS) is 15.4. The van der Waals surface area contributed by atoms with Crippen molar-refractivity contribution in [2.24, 2.45) is 5.73 Å². The molecular formula is C26H22N4O2. The molecule has 0 radical (unpaired) electrons. The lowest BCUT2D eigenvalue weighted by atomic mass is 9.92. The van der Waals surface area contributed by atoms with Crippen molar-refractivity contribution in [2.45, 2.75) is 25.9 Å². The number of para-hydroxylation sites is 1. The van der Waals surface area contributed by atoms with E-state index < -0.39 is 11.9 Å². The van der Waals surface area contributed by atoms with Crippen molar-refractivity contribution in [3.05, 3.63) is 95.2 Å². The van der Waals surface area contributed by atoms with Gasteiger partial charge in [-0.1, -0.05) is 48.5 Å². The summed E-state index contributed by atoms with van der Waals surface area (Å²) in [7, 11) is 0. The van der Waals surface area contributed by atoms with Gasteiger partial charge >= 0.3 is 0 Å². The number of aromatic nitrogens is 2. The lowest BCUT2D eigenvalue weighted by molar-refractivity contribution is -0.122. The molecule has 0 fully saturated rings. The van der Waals surface area contributed by atoms with Crippen LogP contribution in [0.3, 0.4) is 0 Å². The highest BCUT2D eigenvalue weighted by molar-refractivity contribution is 6.09. The SMILES string of the molecule is Cc1cccc2c(C(=O)N3Cc4ccccc4CC3C(N)=O)cc(-c3ccccn3)nc12. The van der Waals surface area contributed by atoms with E-state index in [1.54, 1.807) is 17.2 Å². The number of carbonyl (C=O) groups is 2. The smallest absolute Gasteiger partial charge is 0.255 e. The van der Waals surface area contributed by atoms with E-state index in [0.717, 1.165) is 27.6 Å². The number of fused-ring (bicyclic) bond motifs is 2. The quantitative estimate of drug-likeness (QED) is 0.546. The van der Waals surface area contributed by atoms with E-state index in [1.807, 2.05) is 67.6 Å². The third kappa shape index (κ3) is 3.39. The number of aryl methyl sites for hydroxylation is 1. The van der Waals surface area contributed by atoms with Crippen molar-refractivity contribution >= 4 is 22.7 Å². The fourth-order valence-electron chi connectivity index (χ4n) is 4.36. The molecule has 5 rings (SSSR count). The first-order valence-corrected chi connectivity index (χ1v) is 10.5. The van der Waals surface area contributed by atoms with Gasteiger partial charge in [-0.05, 0) is 41.8 Å². The molecule has 6 nitrogen and oxygen atoms in total. The minimum absolute atomic E-state index is 0.238. The zero-order valence-corrected chi connectivity index (χ0v) is 17.7. The van der Waals surface area contributed by atoms with Crippen LogP contribution in [0, 0.1) is 6.92 Å². The molecule has 6 heteroatoms. The van der Waals surface area contributed by atoms with Crippen molar-refractivity contribution < 1.29 is 9.59 Å². The molecule has 158 valence electrons. The molecule has 0 saturated carbocycles. The largest absolute Gasteiger partial charge is 0.368 e. The van der Waals surface area contributed by atoms with Crippen molar-refractivity contribution in [3.63, 3.8) is 0 Å². The summed E-state index contributed by atoms with van der Waals surface area (Å²) in [5.74, 6) is -0.745. The molecule has 1 aliphatic heterocycles. The zero-order chi connectivity index (χ0) is 22.2. The first-order chi connectivity index (χ1) is 15.5. The van der Waals surface area contributed by atoms with Crippen LogP contribution in [0.5, 0.6) is 0 Å². The molecule has 4 aromatic rings. The Bertz CT molecular complexity index is 1350. The van der Waals surface area contributed by atoms with E-state index in [9.17, 15) is 9.59 Å². The first-order valence-electron chi connectivity index (χ1n) is 10.5. The Balaban J connectivity index is 1.67. The predicted molar refractivity (Wildman–Crippen MR) is 123 cm³/mol. The molecule has 3 heterocycles. The molecule has 0 aliphatic carbocycles. The Morgan fingerprint density at radius 3 is 2.50 bits per heavy atom. The van der Waals surface area contributed by atoms with Gasteiger partial charge in [0.2, 0.25) is 5.91 Å². The number of amides is 2. The second-order valence-corrected chi connectivity index (χ2v) is 8.07. The number of nitrogens with zero attached hydrogens (tertiary/aromatic N) is 3. The highest BCUT2D eigenvalue weighted by Gasteiger charge is 2.34. The Labute approximate surface area is 185 Å². The number of carbonyl (C=O) groups excluding carboxylic acids is 2. The van der Waals surface area contributed by atoms with Crippen molar-refractivity contribution in [1.82, 2.24) is 14.9 Å². The van der Waals surface area contributed by atoms with Crippen LogP contribution < -0.4 is 5.73 Å². The van der Waals surface area contributed by atoms with Gasteiger partial charge in [0.1, 0.15) is 6.04 Å². The number of primary amides is 1. The topological polar surface area (TPSA) is 89.2 Å². The molecule has 2 aromatic carbocycles. The van der Waals surface area contributed by atoms with Crippen LogP contribution in [0.2, 0.25) is 0 Å². The van der Waals surface area contributed by atoms with Crippen LogP contribution in [-0.4, -0.2) is 32.7 Å². The van der Waals surface area contributed by atoms with Gasteiger partial charge < -0.3 is 10.6 Å². The summed E-state index contributed by atoms with van der Waals surface area (Å²) >= 11 is 0. The fourth-order valence-corrected chi connectivity index (χ4v) is 4.36. The Morgan fingerprint density at radius 1 is 0.969 bits per heavy atom. The van der Waals surface area contributed by atoms with Crippen LogP contribution in [0.4, 0.5) is 0 Å². The Morgan fingerprint density at radius 2 is 1.75 bits per heavy atom. The first kappa shape index (κ1) is 19.9. The Hall–Kier alpha value is -4.06. The maximum atomic E-state index is 13.9. The van der Waals surface area contributed by atoms with E-state index in [0.29, 0.717) is 29.9 Å². The van der Waals surface area contributed by atoms with E-state index in [1.165, 1.54) is 0 Å². The van der Waals surface area contributed by atoms with Crippen LogP contribution in [0.25, 0.3) is 22.3 Å². The van der Waals surface area contributed by atoms with Crippen molar-refractivity contribution in [3.8, 4) is 11.4 Å². The molecule has 1 aliphatic rings. The van der Waals surface area contributed by atoms with Gasteiger partial charge in [0.15, 0.2) is 0 Å². The van der Waals surface area contributed by atoms with E-state index in [2.05, 4.69) is 4.98 Å². The van der Waals surface area contributed by atoms with Gasteiger partial charge in [-0.25, -0.2) is 4.98 Å². The minimum atomic E-state index is -0.705. The highest BCUT2D eigenvalue weighted by Crippen LogP contribution is 2.30. The molecule has 0 bridgehead atoms. The van der Waals surface area contributed by atoms with Gasteiger partial charge in [0, 0.05) is 24.5 Å². The lowest BCUT2D eigenvalue weighted by Gasteiger charge is -2.35. The second-order valence-electron chi connectivity index (χ2n) is 8.07. The average molecular weight is 422 g/mol. The molecule has 2 amide bonds. The summed E-state index contributed by atoms with van der Waals surface area (Å²) in [6.45, 7) is 2.30. The molecule has 0 saturated heterocycles. The summed E-state index contributed by atoms with van der Waals surface area (Å²) in [5.41, 5.74) is 11.3. The van der Waals surface area contributed by atoms with Gasteiger partial charge in [-0.15, -0.1) is 0 Å². The van der Waals surface area contributed by atoms with Crippen LogP contribution in [0.1, 0.15) is 27.0 Å². The van der Waals surface area contributed by atoms with Crippen molar-refractivity contribution in [2.75, 3.05) is 0 Å². The average Bonchev–Trinajstić information content (AvgIpc) is 2.83. The second kappa shape index (κ2) is 7.89. The van der Waals surface area contributed by atoms with Crippen LogP contribution in [-0.2, 0) is 17.8 Å². The van der Waals surface area contributed by atoms with E-state index in [-0.39, 0.29) is 5.91 Å². The maximum Gasteiger partial charge on any atom is 0.255 e. The molecule has 1 atom stereocenters. The molecular weight excluding hydrogens is 400 g/mol. The van der Waals surface area contributed by atoms with Gasteiger partial charge in [-0.3, -0.25) is 14.6 Å². The summed E-state index contributed by atoms with van der Waals surface area (Å²) < 4.78 is 0. The minimum Gasteiger partial charge on any atom is -0.368 e. The van der Waals surface area contributed by atoms with Crippen LogP contribution in [0.15, 0.2) is 72.9 Å². The zero-order valence-electron chi connectivity index (χ0n) is 17.7. The summed E-state index contributed by atoms with van der Waals surface area (Å²) in [5, 5.41) is 0.747. The fraction of sp³-hybridized carbons (Fsp3) is 0.154. The number of nitrogens with two attached hydrogens (primary N) is 1. The molecule has 32 heavy (non-hydrogen) atoms. The number of benzene rings is 2. The third-order valence-electron chi connectivity index (χ3n) is 6.04. The molecule has 1 unspecified atom stereocenters. The summed E-state index contributed by atoms with van der Waals surface area (Å²) in [6.07, 6.45) is 2.11. The standard InChI is InChI=1S/C26H22N4O2/c1-16-7-6-10-19-20(14-22(29-24(16)19)21-11-4-5-12-28-21)26(32)30-15-18-9-3-2-8-17(18)13-23(30)25(27)31/h2-12,14,23H,13,15H2,1H3,(H2,27,31).